The number of methoxy groups -OCH3 is 1. The Kier molecular flexibility index (Phi) is 6.68. The van der Waals surface area contributed by atoms with Crippen LogP contribution in [0.4, 0.5) is 5.69 Å². The summed E-state index contributed by atoms with van der Waals surface area (Å²) in [5, 5.41) is 4.36. The van der Waals surface area contributed by atoms with Gasteiger partial charge in [-0.25, -0.2) is 4.98 Å². The van der Waals surface area contributed by atoms with Crippen molar-refractivity contribution in [3.63, 3.8) is 0 Å². The molecule has 6 nitrogen and oxygen atoms in total. The van der Waals surface area contributed by atoms with E-state index in [9.17, 15) is 4.79 Å². The predicted octanol–water partition coefficient (Wildman–Crippen LogP) is 4.98. The summed E-state index contributed by atoms with van der Waals surface area (Å²) in [4.78, 5) is 18.9. The number of hydrogen-bond acceptors (Lipinski definition) is 5. The second-order valence-corrected chi connectivity index (χ2v) is 8.26. The number of rotatable bonds is 7. The molecule has 0 aliphatic carbocycles. The molecule has 2 heterocycles. The van der Waals surface area contributed by atoms with Crippen molar-refractivity contribution in [2.24, 2.45) is 0 Å². The van der Waals surface area contributed by atoms with Gasteiger partial charge in [0.2, 0.25) is 5.91 Å². The lowest BCUT2D eigenvalue weighted by atomic mass is 10.2. The van der Waals surface area contributed by atoms with E-state index in [4.69, 9.17) is 32.4 Å². The number of carbonyl (C=O) groups excluding carboxylic acids is 1. The fourth-order valence-corrected chi connectivity index (χ4v) is 4.13. The number of aromatic nitrogens is 1. The Morgan fingerprint density at radius 2 is 2.13 bits per heavy atom. The number of hydrogen-bond donors (Lipinski definition) is 1. The molecular formula is C23H23Cl2N3O3. The van der Waals surface area contributed by atoms with E-state index in [1.165, 1.54) is 0 Å². The number of carbonyl (C=O) groups is 1. The third-order valence-corrected chi connectivity index (χ3v) is 5.86. The molecule has 1 amide bonds. The number of nitrogens with one attached hydrogen (secondary N) is 1. The molecule has 1 saturated heterocycles. The highest BCUT2D eigenvalue weighted by Gasteiger charge is 2.26. The minimum absolute atomic E-state index is 0.0256. The first-order chi connectivity index (χ1) is 15.0. The van der Waals surface area contributed by atoms with Crippen molar-refractivity contribution >= 4 is 34.8 Å². The molecule has 1 N–H and O–H groups in total. The first kappa shape index (κ1) is 21.5. The molecule has 1 unspecified atom stereocenters. The lowest BCUT2D eigenvalue weighted by Crippen LogP contribution is -2.37. The molecule has 31 heavy (non-hydrogen) atoms. The lowest BCUT2D eigenvalue weighted by molar-refractivity contribution is -0.121. The predicted molar refractivity (Wildman–Crippen MR) is 122 cm³/mol. The van der Waals surface area contributed by atoms with Crippen molar-refractivity contribution in [1.29, 1.82) is 0 Å². The van der Waals surface area contributed by atoms with Crippen molar-refractivity contribution in [3.8, 4) is 17.1 Å². The summed E-state index contributed by atoms with van der Waals surface area (Å²) in [5.74, 6) is 1.86. The van der Waals surface area contributed by atoms with E-state index in [-0.39, 0.29) is 11.9 Å². The molecule has 1 aliphatic heterocycles. The van der Waals surface area contributed by atoms with Crippen LogP contribution in [0.15, 0.2) is 53.1 Å². The second kappa shape index (κ2) is 9.62. The van der Waals surface area contributed by atoms with Crippen LogP contribution in [0.1, 0.15) is 18.7 Å². The minimum atomic E-state index is -0.0256. The summed E-state index contributed by atoms with van der Waals surface area (Å²) in [6, 6.07) is 13.1. The van der Waals surface area contributed by atoms with Crippen LogP contribution in [0.5, 0.6) is 5.75 Å². The summed E-state index contributed by atoms with van der Waals surface area (Å²) in [7, 11) is 1.64. The summed E-state index contributed by atoms with van der Waals surface area (Å²) < 4.78 is 11.2. The second-order valence-electron chi connectivity index (χ2n) is 7.41. The molecule has 2 aromatic carbocycles. The fraction of sp³-hybridized carbons (Fsp3) is 0.304. The van der Waals surface area contributed by atoms with Crippen LogP contribution in [0.3, 0.4) is 0 Å². The third-order valence-electron chi connectivity index (χ3n) is 5.29. The van der Waals surface area contributed by atoms with Crippen LogP contribution < -0.4 is 15.0 Å². The van der Waals surface area contributed by atoms with Gasteiger partial charge < -0.3 is 19.4 Å². The molecule has 1 fully saturated rings. The number of halogens is 2. The monoisotopic (exact) mass is 459 g/mol. The highest BCUT2D eigenvalue weighted by Crippen LogP contribution is 2.33. The lowest BCUT2D eigenvalue weighted by Gasteiger charge is -2.21. The molecule has 1 atom stereocenters. The van der Waals surface area contributed by atoms with Crippen LogP contribution in [-0.2, 0) is 11.2 Å². The number of ether oxygens (including phenoxy) is 1. The third kappa shape index (κ3) is 5.14. The number of benzene rings is 2. The first-order valence-electron chi connectivity index (χ1n) is 10.1. The zero-order valence-corrected chi connectivity index (χ0v) is 18.6. The number of amides is 1. The Hall–Kier alpha value is -2.70. The quantitative estimate of drug-likeness (QED) is 0.539. The van der Waals surface area contributed by atoms with E-state index in [0.717, 1.165) is 30.0 Å². The van der Waals surface area contributed by atoms with Crippen LogP contribution in [0.25, 0.3) is 11.3 Å². The normalized spacial score (nSPS) is 15.8. The SMILES string of the molecule is COc1ccc(Cl)cc1N1CCC(NC(=O)CCc2ncc(-c3ccccc3Cl)o2)C1. The summed E-state index contributed by atoms with van der Waals surface area (Å²) in [6.45, 7) is 1.53. The van der Waals surface area contributed by atoms with Gasteiger partial charge in [-0.3, -0.25) is 4.79 Å². The van der Waals surface area contributed by atoms with Crippen LogP contribution in [0.2, 0.25) is 10.0 Å². The van der Waals surface area contributed by atoms with E-state index in [1.54, 1.807) is 25.4 Å². The Labute approximate surface area is 191 Å². The van der Waals surface area contributed by atoms with Gasteiger partial charge >= 0.3 is 0 Å². The van der Waals surface area contributed by atoms with Crippen molar-refractivity contribution < 1.29 is 13.9 Å². The topological polar surface area (TPSA) is 67.6 Å². The Morgan fingerprint density at radius 3 is 2.94 bits per heavy atom. The van der Waals surface area contributed by atoms with E-state index < -0.39 is 0 Å². The average Bonchev–Trinajstić information content (AvgIpc) is 3.42. The standard InChI is InChI=1S/C23H23Cl2N3O3/c1-30-20-7-6-15(24)12-19(20)28-11-10-16(14-28)27-22(29)8-9-23-26-13-21(31-23)17-4-2-3-5-18(17)25/h2-7,12-13,16H,8-11,14H2,1H3,(H,27,29). The van der Waals surface area contributed by atoms with Gasteiger partial charge in [0, 0.05) is 42.6 Å². The largest absolute Gasteiger partial charge is 0.495 e. The van der Waals surface area contributed by atoms with Gasteiger partial charge in [0.1, 0.15) is 5.75 Å². The molecule has 162 valence electrons. The molecule has 0 spiro atoms. The highest BCUT2D eigenvalue weighted by atomic mass is 35.5. The maximum absolute atomic E-state index is 12.5. The Balaban J connectivity index is 1.30. The van der Waals surface area contributed by atoms with E-state index >= 15 is 0 Å². The number of oxazole rings is 1. The molecule has 1 aromatic heterocycles. The molecule has 0 radical (unpaired) electrons. The summed E-state index contributed by atoms with van der Waals surface area (Å²) >= 11 is 12.4. The first-order valence-corrected chi connectivity index (χ1v) is 10.9. The highest BCUT2D eigenvalue weighted by molar-refractivity contribution is 6.33. The molecule has 0 bridgehead atoms. The fourth-order valence-electron chi connectivity index (χ4n) is 3.74. The number of aryl methyl sites for hydroxylation is 1. The van der Waals surface area contributed by atoms with Gasteiger partial charge in [-0.15, -0.1) is 0 Å². The van der Waals surface area contributed by atoms with Crippen LogP contribution in [-0.4, -0.2) is 37.1 Å². The van der Waals surface area contributed by atoms with Crippen LogP contribution in [0, 0.1) is 0 Å². The zero-order valence-electron chi connectivity index (χ0n) is 17.1. The van der Waals surface area contributed by atoms with Crippen molar-refractivity contribution in [1.82, 2.24) is 10.3 Å². The van der Waals surface area contributed by atoms with Gasteiger partial charge in [-0.2, -0.15) is 0 Å². The minimum Gasteiger partial charge on any atom is -0.495 e. The van der Waals surface area contributed by atoms with Crippen molar-refractivity contribution in [2.75, 3.05) is 25.1 Å². The Morgan fingerprint density at radius 1 is 1.29 bits per heavy atom. The van der Waals surface area contributed by atoms with Crippen molar-refractivity contribution in [2.45, 2.75) is 25.3 Å². The molecule has 8 heteroatoms. The molecule has 3 aromatic rings. The zero-order chi connectivity index (χ0) is 21.8. The number of nitrogens with zero attached hydrogens (tertiary/aromatic N) is 2. The summed E-state index contributed by atoms with van der Waals surface area (Å²) in [5.41, 5.74) is 1.73. The van der Waals surface area contributed by atoms with E-state index in [1.807, 2.05) is 30.3 Å². The smallest absolute Gasteiger partial charge is 0.220 e. The van der Waals surface area contributed by atoms with E-state index in [2.05, 4.69) is 15.2 Å². The molecular weight excluding hydrogens is 437 g/mol. The Bertz CT molecular complexity index is 1070. The van der Waals surface area contributed by atoms with E-state index in [0.29, 0.717) is 41.1 Å². The molecule has 4 rings (SSSR count). The van der Waals surface area contributed by atoms with Gasteiger partial charge in [-0.1, -0.05) is 35.3 Å². The van der Waals surface area contributed by atoms with Gasteiger partial charge in [0.05, 0.1) is 24.0 Å². The molecule has 1 aliphatic rings. The average molecular weight is 460 g/mol. The van der Waals surface area contributed by atoms with Gasteiger partial charge in [-0.05, 0) is 36.8 Å². The molecule has 0 saturated carbocycles. The van der Waals surface area contributed by atoms with Crippen molar-refractivity contribution in [3.05, 3.63) is 64.6 Å². The summed E-state index contributed by atoms with van der Waals surface area (Å²) in [6.07, 6.45) is 3.23. The number of anilines is 1. The van der Waals surface area contributed by atoms with Gasteiger partial charge in [0.25, 0.3) is 0 Å². The maximum atomic E-state index is 12.5. The maximum Gasteiger partial charge on any atom is 0.220 e. The van der Waals surface area contributed by atoms with Crippen LogP contribution >= 0.6 is 23.2 Å². The van der Waals surface area contributed by atoms with Gasteiger partial charge in [0.15, 0.2) is 11.7 Å².